The smallest absolute Gasteiger partial charge is 0.325 e. The van der Waals surface area contributed by atoms with Gasteiger partial charge in [0.2, 0.25) is 0 Å². The van der Waals surface area contributed by atoms with E-state index in [1.807, 2.05) is 43.0 Å². The number of hydrogen-bond donors (Lipinski definition) is 2. The van der Waals surface area contributed by atoms with Crippen molar-refractivity contribution in [1.82, 2.24) is 9.88 Å². The Morgan fingerprint density at radius 2 is 1.65 bits per heavy atom. The summed E-state index contributed by atoms with van der Waals surface area (Å²) < 4.78 is 0. The molecule has 0 atom stereocenters. The molecule has 2 heterocycles. The number of thiazole rings is 1. The first kappa shape index (κ1) is 18.4. The van der Waals surface area contributed by atoms with Gasteiger partial charge in [0.25, 0.3) is 5.91 Å². The molecule has 1 aliphatic heterocycles. The van der Waals surface area contributed by atoms with Crippen LogP contribution >= 0.6 is 11.3 Å². The number of nitrogens with zero attached hydrogens (tertiary/aromatic N) is 2. The molecule has 138 valence electrons. The second-order valence-corrected chi connectivity index (χ2v) is 7.58. The summed E-state index contributed by atoms with van der Waals surface area (Å²) in [6.45, 7) is 5.40. The maximum atomic E-state index is 12.8. The minimum absolute atomic E-state index is 0.0221. The third kappa shape index (κ3) is 4.60. The molecule has 0 saturated carbocycles. The van der Waals surface area contributed by atoms with Crippen LogP contribution in [0.2, 0.25) is 0 Å². The van der Waals surface area contributed by atoms with Crippen molar-refractivity contribution in [2.75, 3.05) is 23.7 Å². The van der Waals surface area contributed by atoms with E-state index in [1.165, 1.54) is 24.2 Å². The van der Waals surface area contributed by atoms with Crippen LogP contribution in [0.4, 0.5) is 15.6 Å². The van der Waals surface area contributed by atoms with Crippen molar-refractivity contribution in [1.29, 1.82) is 0 Å². The molecule has 0 radical (unpaired) electrons. The number of likely N-dealkylation sites (tertiary alicyclic amines) is 1. The lowest BCUT2D eigenvalue weighted by Gasteiger charge is -2.19. The maximum Gasteiger partial charge on any atom is 0.325 e. The first-order valence-electron chi connectivity index (χ1n) is 8.94. The molecule has 2 N–H and O–H groups in total. The first-order chi connectivity index (χ1) is 12.5. The highest BCUT2D eigenvalue weighted by Crippen LogP contribution is 2.25. The number of carbonyl (C=O) groups is 2. The largest absolute Gasteiger partial charge is 0.338 e. The molecule has 26 heavy (non-hydrogen) atoms. The predicted molar refractivity (Wildman–Crippen MR) is 105 cm³/mol. The van der Waals surface area contributed by atoms with Crippen molar-refractivity contribution in [2.45, 2.75) is 39.5 Å². The van der Waals surface area contributed by atoms with Crippen molar-refractivity contribution < 1.29 is 9.59 Å². The quantitative estimate of drug-likeness (QED) is 0.837. The zero-order valence-electron chi connectivity index (χ0n) is 15.2. The topological polar surface area (TPSA) is 74.3 Å². The van der Waals surface area contributed by atoms with E-state index in [2.05, 4.69) is 15.6 Å². The summed E-state index contributed by atoms with van der Waals surface area (Å²) in [5.41, 5.74) is 2.50. The van der Waals surface area contributed by atoms with E-state index in [0.29, 0.717) is 21.4 Å². The number of carbonyl (C=O) groups excluding carboxylic acids is 2. The number of aryl methyl sites for hydroxylation is 2. The molecule has 1 aromatic carbocycles. The van der Waals surface area contributed by atoms with Gasteiger partial charge in [0.05, 0.1) is 5.69 Å². The molecule has 6 nitrogen and oxygen atoms in total. The van der Waals surface area contributed by atoms with Crippen LogP contribution in [0.5, 0.6) is 0 Å². The van der Waals surface area contributed by atoms with Gasteiger partial charge in [-0.05, 0) is 38.8 Å². The molecule has 1 fully saturated rings. The lowest BCUT2D eigenvalue weighted by atomic mass is 10.2. The van der Waals surface area contributed by atoms with Gasteiger partial charge in [-0.25, -0.2) is 9.78 Å². The molecular formula is C19H24N4O2S. The van der Waals surface area contributed by atoms with Gasteiger partial charge in [0, 0.05) is 18.8 Å². The number of rotatable bonds is 3. The standard InChI is InChI=1S/C19H24N4O2S/c1-13-7-9-15(10-8-13)21-18(25)22-19-20-14(2)16(26-19)17(24)23-11-5-3-4-6-12-23/h7-10H,3-6,11-12H2,1-2H3,(H2,20,21,22,25). The zero-order chi connectivity index (χ0) is 18.5. The van der Waals surface area contributed by atoms with Crippen LogP contribution in [0.15, 0.2) is 24.3 Å². The second kappa shape index (κ2) is 8.31. The van der Waals surface area contributed by atoms with Gasteiger partial charge < -0.3 is 10.2 Å². The lowest BCUT2D eigenvalue weighted by Crippen LogP contribution is -2.31. The Hall–Kier alpha value is -2.41. The Morgan fingerprint density at radius 3 is 2.31 bits per heavy atom. The van der Waals surface area contributed by atoms with Crippen LogP contribution in [-0.4, -0.2) is 34.9 Å². The van der Waals surface area contributed by atoms with E-state index in [9.17, 15) is 9.59 Å². The molecule has 0 unspecified atom stereocenters. The highest BCUT2D eigenvalue weighted by molar-refractivity contribution is 7.17. The molecular weight excluding hydrogens is 348 g/mol. The number of aromatic nitrogens is 1. The second-order valence-electron chi connectivity index (χ2n) is 6.59. The summed E-state index contributed by atoms with van der Waals surface area (Å²) >= 11 is 1.24. The molecule has 0 spiro atoms. The summed E-state index contributed by atoms with van der Waals surface area (Å²) in [5.74, 6) is 0.0221. The van der Waals surface area contributed by atoms with Gasteiger partial charge in [0.15, 0.2) is 5.13 Å². The fourth-order valence-corrected chi connectivity index (χ4v) is 3.89. The van der Waals surface area contributed by atoms with Crippen LogP contribution in [0.25, 0.3) is 0 Å². The molecule has 1 aliphatic rings. The number of amides is 3. The van der Waals surface area contributed by atoms with Gasteiger partial charge in [0.1, 0.15) is 4.88 Å². The van der Waals surface area contributed by atoms with Crippen LogP contribution in [-0.2, 0) is 0 Å². The molecule has 3 amide bonds. The Bertz CT molecular complexity index is 777. The van der Waals surface area contributed by atoms with Gasteiger partial charge in [-0.2, -0.15) is 0 Å². The van der Waals surface area contributed by atoms with Gasteiger partial charge in [-0.3, -0.25) is 10.1 Å². The first-order valence-corrected chi connectivity index (χ1v) is 9.76. The third-order valence-corrected chi connectivity index (χ3v) is 5.47. The zero-order valence-corrected chi connectivity index (χ0v) is 16.0. The Labute approximate surface area is 157 Å². The average Bonchev–Trinajstić information content (AvgIpc) is 2.82. The van der Waals surface area contributed by atoms with E-state index >= 15 is 0 Å². The van der Waals surface area contributed by atoms with Crippen molar-refractivity contribution in [3.05, 3.63) is 40.4 Å². The predicted octanol–water partition coefficient (Wildman–Crippen LogP) is 4.42. The van der Waals surface area contributed by atoms with E-state index < -0.39 is 0 Å². The van der Waals surface area contributed by atoms with E-state index in [1.54, 1.807) is 0 Å². The van der Waals surface area contributed by atoms with Gasteiger partial charge >= 0.3 is 6.03 Å². The van der Waals surface area contributed by atoms with Crippen LogP contribution in [0.3, 0.4) is 0 Å². The molecule has 2 aromatic rings. The number of anilines is 2. The molecule has 7 heteroatoms. The average molecular weight is 372 g/mol. The number of hydrogen-bond acceptors (Lipinski definition) is 4. The molecule has 0 aliphatic carbocycles. The summed E-state index contributed by atoms with van der Waals surface area (Å²) in [6, 6.07) is 7.19. The number of nitrogens with one attached hydrogen (secondary N) is 2. The van der Waals surface area contributed by atoms with Crippen LogP contribution in [0, 0.1) is 13.8 Å². The molecule has 1 saturated heterocycles. The summed E-state index contributed by atoms with van der Waals surface area (Å²) in [5, 5.41) is 5.93. The van der Waals surface area contributed by atoms with Crippen molar-refractivity contribution in [3.63, 3.8) is 0 Å². The van der Waals surface area contributed by atoms with Gasteiger partial charge in [-0.1, -0.05) is 41.9 Å². The van der Waals surface area contributed by atoms with Crippen LogP contribution in [0.1, 0.15) is 46.6 Å². The SMILES string of the molecule is Cc1ccc(NC(=O)Nc2nc(C)c(C(=O)N3CCCCCC3)s2)cc1. The fraction of sp³-hybridized carbons (Fsp3) is 0.421. The van der Waals surface area contributed by atoms with Crippen LogP contribution < -0.4 is 10.6 Å². The Morgan fingerprint density at radius 1 is 1.00 bits per heavy atom. The van der Waals surface area contributed by atoms with Gasteiger partial charge in [-0.15, -0.1) is 0 Å². The molecule has 3 rings (SSSR count). The molecule has 0 bridgehead atoms. The van der Waals surface area contributed by atoms with E-state index in [0.717, 1.165) is 31.5 Å². The fourth-order valence-electron chi connectivity index (χ4n) is 2.96. The molecule has 1 aromatic heterocycles. The summed E-state index contributed by atoms with van der Waals surface area (Å²) in [7, 11) is 0. The van der Waals surface area contributed by atoms with Crippen molar-refractivity contribution >= 4 is 34.1 Å². The van der Waals surface area contributed by atoms with Crippen molar-refractivity contribution in [2.24, 2.45) is 0 Å². The van der Waals surface area contributed by atoms with Crippen molar-refractivity contribution in [3.8, 4) is 0 Å². The summed E-state index contributed by atoms with van der Waals surface area (Å²) in [6.07, 6.45) is 4.45. The monoisotopic (exact) mass is 372 g/mol. The minimum Gasteiger partial charge on any atom is -0.338 e. The number of benzene rings is 1. The summed E-state index contributed by atoms with van der Waals surface area (Å²) in [4.78, 5) is 31.8. The maximum absolute atomic E-state index is 12.8. The Balaban J connectivity index is 1.64. The number of urea groups is 1. The lowest BCUT2D eigenvalue weighted by molar-refractivity contribution is 0.0765. The highest BCUT2D eigenvalue weighted by Gasteiger charge is 2.22. The highest BCUT2D eigenvalue weighted by atomic mass is 32.1. The normalized spacial score (nSPS) is 14.6. The minimum atomic E-state index is -0.364. The van der Waals surface area contributed by atoms with E-state index in [4.69, 9.17) is 0 Å². The Kier molecular flexibility index (Phi) is 5.88. The third-order valence-electron chi connectivity index (χ3n) is 4.41. The van der Waals surface area contributed by atoms with E-state index in [-0.39, 0.29) is 11.9 Å².